The van der Waals surface area contributed by atoms with Crippen molar-refractivity contribution >= 4 is 21.4 Å². The number of benzene rings is 2. The summed E-state index contributed by atoms with van der Waals surface area (Å²) in [5.74, 6) is -0.563. The molecule has 0 bridgehead atoms. The molecule has 2 N–H and O–H groups in total. The number of nitrogens with one attached hydrogen (secondary N) is 2. The summed E-state index contributed by atoms with van der Waals surface area (Å²) in [7, 11) is -3.39. The Bertz CT molecular complexity index is 1250. The van der Waals surface area contributed by atoms with E-state index < -0.39 is 27.5 Å². The molecule has 0 aliphatic heterocycles. The summed E-state index contributed by atoms with van der Waals surface area (Å²) in [6.45, 7) is 3.40. The van der Waals surface area contributed by atoms with Gasteiger partial charge in [-0.1, -0.05) is 18.2 Å². The number of carbonyl (C=O) groups excluding carboxylic acids is 1. The standard InChI is InChI=1S/C22H21F3N2O4S/c1-4-31-21-18(20(28)26-14-9-11-15(12-10-14)32(3,29)30)13(2)19(27-21)16-7-5-6-8-17(16)22(23,24)25/h5-12,27H,4H2,1-3H3,(H,26,28). The molecule has 0 unspecified atom stereocenters. The Morgan fingerprint density at radius 3 is 2.28 bits per heavy atom. The normalized spacial score (nSPS) is 11.9. The summed E-state index contributed by atoms with van der Waals surface area (Å²) in [4.78, 5) is 15.9. The van der Waals surface area contributed by atoms with Gasteiger partial charge in [-0.05, 0) is 49.7 Å². The van der Waals surface area contributed by atoms with Crippen molar-refractivity contribution in [2.75, 3.05) is 18.2 Å². The molecule has 1 amide bonds. The molecular weight excluding hydrogens is 445 g/mol. The molecule has 0 aliphatic rings. The van der Waals surface area contributed by atoms with Crippen LogP contribution in [0.2, 0.25) is 0 Å². The first-order chi connectivity index (χ1) is 14.9. The minimum absolute atomic E-state index is 0.0437. The number of H-pyrrole nitrogens is 1. The van der Waals surface area contributed by atoms with Gasteiger partial charge in [0.2, 0.25) is 5.88 Å². The third-order valence-corrected chi connectivity index (χ3v) is 5.90. The number of alkyl halides is 3. The molecule has 0 radical (unpaired) electrons. The number of aromatic amines is 1. The predicted octanol–water partition coefficient (Wildman–Crippen LogP) is 5.06. The van der Waals surface area contributed by atoms with Crippen LogP contribution in [0.3, 0.4) is 0 Å². The Morgan fingerprint density at radius 2 is 1.72 bits per heavy atom. The van der Waals surface area contributed by atoms with Crippen LogP contribution in [-0.2, 0) is 16.0 Å². The van der Waals surface area contributed by atoms with E-state index >= 15 is 0 Å². The molecule has 32 heavy (non-hydrogen) atoms. The van der Waals surface area contributed by atoms with E-state index in [1.165, 1.54) is 49.4 Å². The van der Waals surface area contributed by atoms with Gasteiger partial charge in [-0.2, -0.15) is 13.2 Å². The maximum Gasteiger partial charge on any atom is 0.417 e. The number of sulfone groups is 1. The van der Waals surface area contributed by atoms with Crippen LogP contribution in [0.4, 0.5) is 18.9 Å². The monoisotopic (exact) mass is 466 g/mol. The highest BCUT2D eigenvalue weighted by Crippen LogP contribution is 2.40. The largest absolute Gasteiger partial charge is 0.479 e. The highest BCUT2D eigenvalue weighted by atomic mass is 32.2. The van der Waals surface area contributed by atoms with Crippen molar-refractivity contribution < 1.29 is 31.1 Å². The van der Waals surface area contributed by atoms with Crippen molar-refractivity contribution in [3.63, 3.8) is 0 Å². The lowest BCUT2D eigenvalue weighted by molar-refractivity contribution is -0.137. The third-order valence-electron chi connectivity index (χ3n) is 4.77. The Balaban J connectivity index is 2.03. The van der Waals surface area contributed by atoms with E-state index in [2.05, 4.69) is 10.3 Å². The quantitative estimate of drug-likeness (QED) is 0.531. The Kier molecular flexibility index (Phi) is 6.36. The number of amides is 1. The summed E-state index contributed by atoms with van der Waals surface area (Å²) in [6.07, 6.45) is -3.51. The van der Waals surface area contributed by atoms with Crippen molar-refractivity contribution in [3.05, 3.63) is 65.2 Å². The number of halogens is 3. The molecule has 3 aromatic rings. The average Bonchev–Trinajstić information content (AvgIpc) is 3.03. The zero-order valence-electron chi connectivity index (χ0n) is 17.5. The zero-order valence-corrected chi connectivity index (χ0v) is 18.3. The second-order valence-electron chi connectivity index (χ2n) is 7.06. The molecule has 2 aromatic carbocycles. The van der Waals surface area contributed by atoms with Gasteiger partial charge in [-0.15, -0.1) is 0 Å². The van der Waals surface area contributed by atoms with Gasteiger partial charge in [0, 0.05) is 17.5 Å². The van der Waals surface area contributed by atoms with Crippen molar-refractivity contribution in [2.45, 2.75) is 24.9 Å². The predicted molar refractivity (Wildman–Crippen MR) is 115 cm³/mol. The smallest absolute Gasteiger partial charge is 0.417 e. The van der Waals surface area contributed by atoms with E-state index in [0.717, 1.165) is 12.3 Å². The SMILES string of the molecule is CCOc1[nH]c(-c2ccccc2C(F)(F)F)c(C)c1C(=O)Nc1ccc(S(C)(=O)=O)cc1. The van der Waals surface area contributed by atoms with Gasteiger partial charge in [0.25, 0.3) is 5.91 Å². The summed E-state index contributed by atoms with van der Waals surface area (Å²) < 4.78 is 69.2. The number of ether oxygens (including phenoxy) is 1. The molecule has 1 aromatic heterocycles. The molecule has 10 heteroatoms. The lowest BCUT2D eigenvalue weighted by atomic mass is 10.00. The van der Waals surface area contributed by atoms with Crippen LogP contribution in [-0.4, -0.2) is 32.2 Å². The summed E-state index contributed by atoms with van der Waals surface area (Å²) >= 11 is 0. The minimum Gasteiger partial charge on any atom is -0.479 e. The number of rotatable bonds is 6. The fourth-order valence-corrected chi connectivity index (χ4v) is 3.92. The van der Waals surface area contributed by atoms with Crippen molar-refractivity contribution in [1.29, 1.82) is 0 Å². The van der Waals surface area contributed by atoms with Crippen LogP contribution in [0.15, 0.2) is 53.4 Å². The van der Waals surface area contributed by atoms with Crippen LogP contribution in [0.25, 0.3) is 11.3 Å². The number of aromatic nitrogens is 1. The summed E-state index contributed by atoms with van der Waals surface area (Å²) in [5.41, 5.74) is -0.145. The van der Waals surface area contributed by atoms with Gasteiger partial charge in [-0.25, -0.2) is 8.42 Å². The lowest BCUT2D eigenvalue weighted by Gasteiger charge is -2.12. The van der Waals surface area contributed by atoms with Crippen molar-refractivity contribution in [3.8, 4) is 17.1 Å². The van der Waals surface area contributed by atoms with Crippen molar-refractivity contribution in [1.82, 2.24) is 4.98 Å². The van der Waals surface area contributed by atoms with Gasteiger partial charge in [0.15, 0.2) is 9.84 Å². The molecule has 1 heterocycles. The molecule has 0 aliphatic carbocycles. The fraction of sp³-hybridized carbons (Fsp3) is 0.227. The molecule has 170 valence electrons. The fourth-order valence-electron chi connectivity index (χ4n) is 3.29. The van der Waals surface area contributed by atoms with E-state index in [0.29, 0.717) is 5.69 Å². The molecule has 0 saturated carbocycles. The van der Waals surface area contributed by atoms with E-state index in [1.807, 2.05) is 0 Å². The van der Waals surface area contributed by atoms with E-state index in [-0.39, 0.29) is 39.8 Å². The van der Waals surface area contributed by atoms with Crippen LogP contribution in [0.5, 0.6) is 5.88 Å². The number of hydrogen-bond donors (Lipinski definition) is 2. The highest BCUT2D eigenvalue weighted by Gasteiger charge is 2.35. The highest BCUT2D eigenvalue weighted by molar-refractivity contribution is 7.90. The molecular formula is C22H21F3N2O4S. The number of carbonyl (C=O) groups is 1. The topological polar surface area (TPSA) is 88.3 Å². The van der Waals surface area contributed by atoms with Gasteiger partial charge in [0.1, 0.15) is 5.56 Å². The van der Waals surface area contributed by atoms with Crippen LogP contribution >= 0.6 is 0 Å². The first-order valence-electron chi connectivity index (χ1n) is 9.57. The van der Waals surface area contributed by atoms with Gasteiger partial charge in [-0.3, -0.25) is 4.79 Å². The molecule has 3 rings (SSSR count). The first-order valence-corrected chi connectivity index (χ1v) is 11.5. The number of anilines is 1. The van der Waals surface area contributed by atoms with Crippen molar-refractivity contribution in [2.24, 2.45) is 0 Å². The maximum absolute atomic E-state index is 13.5. The molecule has 0 fully saturated rings. The van der Waals surface area contributed by atoms with Crippen LogP contribution in [0.1, 0.15) is 28.4 Å². The number of hydrogen-bond acceptors (Lipinski definition) is 4. The van der Waals surface area contributed by atoms with Crippen LogP contribution in [0, 0.1) is 6.92 Å². The molecule has 6 nitrogen and oxygen atoms in total. The van der Waals surface area contributed by atoms with Gasteiger partial charge < -0.3 is 15.0 Å². The second-order valence-corrected chi connectivity index (χ2v) is 9.07. The molecule has 0 atom stereocenters. The lowest BCUT2D eigenvalue weighted by Crippen LogP contribution is -2.14. The van der Waals surface area contributed by atoms with Crippen LogP contribution < -0.4 is 10.1 Å². The molecule has 0 spiro atoms. The maximum atomic E-state index is 13.5. The minimum atomic E-state index is -4.58. The van der Waals surface area contributed by atoms with E-state index in [9.17, 15) is 26.4 Å². The zero-order chi connectivity index (χ0) is 23.7. The Hall–Kier alpha value is -3.27. The molecule has 0 saturated heterocycles. The van der Waals surface area contributed by atoms with Gasteiger partial charge in [0.05, 0.1) is 22.8 Å². The van der Waals surface area contributed by atoms with E-state index in [4.69, 9.17) is 4.74 Å². The second kappa shape index (κ2) is 8.70. The average molecular weight is 466 g/mol. The summed E-state index contributed by atoms with van der Waals surface area (Å²) in [6, 6.07) is 10.6. The summed E-state index contributed by atoms with van der Waals surface area (Å²) in [5, 5.41) is 2.63. The first kappa shape index (κ1) is 23.4. The van der Waals surface area contributed by atoms with E-state index in [1.54, 1.807) is 6.92 Å². The third kappa shape index (κ3) is 4.80. The Labute approximate surface area is 183 Å². The van der Waals surface area contributed by atoms with Gasteiger partial charge >= 0.3 is 6.18 Å². The Morgan fingerprint density at radius 1 is 1.09 bits per heavy atom.